The SMILES string of the molecule is CC1CCC(Nc2cccc(Br)c2C(=O)O)CC1. The molecule has 1 aromatic carbocycles. The van der Waals surface area contributed by atoms with E-state index in [1.165, 1.54) is 12.8 Å². The van der Waals surface area contributed by atoms with Crippen LogP contribution in [0.3, 0.4) is 0 Å². The highest BCUT2D eigenvalue weighted by Gasteiger charge is 2.21. The first kappa shape index (κ1) is 13.4. The van der Waals surface area contributed by atoms with Crippen LogP contribution in [0, 0.1) is 5.92 Å². The van der Waals surface area contributed by atoms with Crippen molar-refractivity contribution in [2.24, 2.45) is 5.92 Å². The summed E-state index contributed by atoms with van der Waals surface area (Å²) in [4.78, 5) is 11.3. The Hall–Kier alpha value is -1.03. The van der Waals surface area contributed by atoms with Crippen LogP contribution in [0.4, 0.5) is 5.69 Å². The number of rotatable bonds is 3. The summed E-state index contributed by atoms with van der Waals surface area (Å²) in [5, 5.41) is 12.6. The van der Waals surface area contributed by atoms with Crippen LogP contribution in [0.1, 0.15) is 43.0 Å². The number of hydrogen-bond donors (Lipinski definition) is 2. The molecule has 0 amide bonds. The van der Waals surface area contributed by atoms with Crippen LogP contribution in [0.5, 0.6) is 0 Å². The zero-order chi connectivity index (χ0) is 13.1. The molecule has 0 spiro atoms. The fourth-order valence-corrected chi connectivity index (χ4v) is 3.02. The quantitative estimate of drug-likeness (QED) is 0.882. The summed E-state index contributed by atoms with van der Waals surface area (Å²) in [6.45, 7) is 2.28. The molecule has 0 heterocycles. The summed E-state index contributed by atoms with van der Waals surface area (Å²) in [7, 11) is 0. The Bertz CT molecular complexity index is 439. The minimum atomic E-state index is -0.894. The van der Waals surface area contributed by atoms with Gasteiger partial charge in [0.15, 0.2) is 0 Å². The van der Waals surface area contributed by atoms with Gasteiger partial charge in [-0.2, -0.15) is 0 Å². The van der Waals surface area contributed by atoms with Crippen LogP contribution in [0.15, 0.2) is 22.7 Å². The molecule has 0 bridgehead atoms. The highest BCUT2D eigenvalue weighted by Crippen LogP contribution is 2.29. The summed E-state index contributed by atoms with van der Waals surface area (Å²) in [6, 6.07) is 5.86. The summed E-state index contributed by atoms with van der Waals surface area (Å²) < 4.78 is 0.629. The Morgan fingerprint density at radius 2 is 2.00 bits per heavy atom. The zero-order valence-corrected chi connectivity index (χ0v) is 12.0. The van der Waals surface area contributed by atoms with E-state index in [-0.39, 0.29) is 0 Å². The number of carbonyl (C=O) groups is 1. The van der Waals surface area contributed by atoms with Crippen molar-refractivity contribution in [3.05, 3.63) is 28.2 Å². The van der Waals surface area contributed by atoms with E-state index in [4.69, 9.17) is 0 Å². The number of benzene rings is 1. The minimum absolute atomic E-state index is 0.330. The number of anilines is 1. The first-order valence-corrected chi connectivity index (χ1v) is 7.15. The molecule has 2 N–H and O–H groups in total. The van der Waals surface area contributed by atoms with Gasteiger partial charge in [-0.15, -0.1) is 0 Å². The molecule has 2 rings (SSSR count). The average molecular weight is 312 g/mol. The molecule has 0 radical (unpaired) electrons. The van der Waals surface area contributed by atoms with Crippen LogP contribution in [0.2, 0.25) is 0 Å². The van der Waals surface area contributed by atoms with Gasteiger partial charge in [-0.3, -0.25) is 0 Å². The number of halogens is 1. The second-order valence-corrected chi connectivity index (χ2v) is 5.92. The van der Waals surface area contributed by atoms with Gasteiger partial charge in [-0.1, -0.05) is 13.0 Å². The molecule has 0 saturated heterocycles. The second kappa shape index (κ2) is 5.74. The van der Waals surface area contributed by atoms with E-state index in [1.807, 2.05) is 12.1 Å². The zero-order valence-electron chi connectivity index (χ0n) is 10.4. The third kappa shape index (κ3) is 3.05. The van der Waals surface area contributed by atoms with Crippen molar-refractivity contribution in [2.75, 3.05) is 5.32 Å². The van der Waals surface area contributed by atoms with Crippen LogP contribution in [-0.4, -0.2) is 17.1 Å². The third-order valence-electron chi connectivity index (χ3n) is 3.60. The summed E-state index contributed by atoms with van der Waals surface area (Å²) in [5.41, 5.74) is 1.05. The largest absolute Gasteiger partial charge is 0.478 e. The van der Waals surface area contributed by atoms with E-state index in [0.717, 1.165) is 24.4 Å². The number of aromatic carboxylic acids is 1. The van der Waals surface area contributed by atoms with Crippen molar-refractivity contribution in [1.82, 2.24) is 0 Å². The average Bonchev–Trinajstić information content (AvgIpc) is 2.32. The monoisotopic (exact) mass is 311 g/mol. The molecule has 1 saturated carbocycles. The molecule has 1 aliphatic rings. The Balaban J connectivity index is 2.14. The molecule has 0 unspecified atom stereocenters. The van der Waals surface area contributed by atoms with Crippen LogP contribution in [-0.2, 0) is 0 Å². The normalized spacial score (nSPS) is 23.7. The van der Waals surface area contributed by atoms with Crippen molar-refractivity contribution < 1.29 is 9.90 Å². The van der Waals surface area contributed by atoms with E-state index in [1.54, 1.807) is 6.07 Å². The lowest BCUT2D eigenvalue weighted by atomic mass is 9.87. The van der Waals surface area contributed by atoms with Gasteiger partial charge in [0.2, 0.25) is 0 Å². The highest BCUT2D eigenvalue weighted by molar-refractivity contribution is 9.10. The molecular formula is C14H18BrNO2. The Labute approximate surface area is 116 Å². The van der Waals surface area contributed by atoms with Crippen molar-refractivity contribution in [3.63, 3.8) is 0 Å². The first-order valence-electron chi connectivity index (χ1n) is 6.36. The van der Waals surface area contributed by atoms with Crippen LogP contribution in [0.25, 0.3) is 0 Å². The van der Waals surface area contributed by atoms with E-state index in [2.05, 4.69) is 28.2 Å². The predicted molar refractivity (Wildman–Crippen MR) is 76.1 cm³/mol. The van der Waals surface area contributed by atoms with Crippen molar-refractivity contribution in [2.45, 2.75) is 38.6 Å². The fourth-order valence-electron chi connectivity index (χ4n) is 2.49. The molecule has 1 fully saturated rings. The fraction of sp³-hybridized carbons (Fsp3) is 0.500. The lowest BCUT2D eigenvalue weighted by Gasteiger charge is -2.28. The van der Waals surface area contributed by atoms with E-state index in [0.29, 0.717) is 16.1 Å². The molecule has 3 nitrogen and oxygen atoms in total. The maximum Gasteiger partial charge on any atom is 0.338 e. The summed E-state index contributed by atoms with van der Waals surface area (Å²) in [6.07, 6.45) is 4.67. The number of hydrogen-bond acceptors (Lipinski definition) is 2. The predicted octanol–water partition coefficient (Wildman–Crippen LogP) is 4.14. The first-order chi connectivity index (χ1) is 8.58. The van der Waals surface area contributed by atoms with Crippen LogP contribution < -0.4 is 5.32 Å². The second-order valence-electron chi connectivity index (χ2n) is 5.07. The minimum Gasteiger partial charge on any atom is -0.478 e. The highest BCUT2D eigenvalue weighted by atomic mass is 79.9. The molecule has 98 valence electrons. The van der Waals surface area contributed by atoms with Crippen molar-refractivity contribution >= 4 is 27.6 Å². The molecule has 0 atom stereocenters. The third-order valence-corrected chi connectivity index (χ3v) is 4.26. The van der Waals surface area contributed by atoms with Gasteiger partial charge >= 0.3 is 5.97 Å². The molecule has 0 aromatic heterocycles. The molecule has 18 heavy (non-hydrogen) atoms. The van der Waals surface area contributed by atoms with Crippen LogP contribution >= 0.6 is 15.9 Å². The summed E-state index contributed by atoms with van der Waals surface area (Å²) >= 11 is 3.30. The van der Waals surface area contributed by atoms with Gasteiger partial charge in [0.25, 0.3) is 0 Å². The number of carboxylic acid groups (broad SMARTS) is 1. The van der Waals surface area contributed by atoms with Gasteiger partial charge in [0.1, 0.15) is 0 Å². The molecule has 1 aliphatic carbocycles. The van der Waals surface area contributed by atoms with Gasteiger partial charge in [0, 0.05) is 10.5 Å². The standard InChI is InChI=1S/C14H18BrNO2/c1-9-5-7-10(8-6-9)16-12-4-2-3-11(15)13(12)14(17)18/h2-4,9-10,16H,5-8H2,1H3,(H,17,18). The Kier molecular flexibility index (Phi) is 4.27. The van der Waals surface area contributed by atoms with Gasteiger partial charge < -0.3 is 10.4 Å². The van der Waals surface area contributed by atoms with Gasteiger partial charge in [-0.25, -0.2) is 4.79 Å². The number of carboxylic acids is 1. The molecular weight excluding hydrogens is 294 g/mol. The van der Waals surface area contributed by atoms with E-state index < -0.39 is 5.97 Å². The topological polar surface area (TPSA) is 49.3 Å². The maximum atomic E-state index is 11.3. The van der Waals surface area contributed by atoms with Crippen molar-refractivity contribution in [3.8, 4) is 0 Å². The molecule has 0 aliphatic heterocycles. The van der Waals surface area contributed by atoms with E-state index in [9.17, 15) is 9.90 Å². The molecule has 4 heteroatoms. The Morgan fingerprint density at radius 1 is 1.33 bits per heavy atom. The number of nitrogens with one attached hydrogen (secondary N) is 1. The van der Waals surface area contributed by atoms with Crippen molar-refractivity contribution in [1.29, 1.82) is 0 Å². The Morgan fingerprint density at radius 3 is 2.61 bits per heavy atom. The van der Waals surface area contributed by atoms with Gasteiger partial charge in [-0.05, 0) is 59.7 Å². The lowest BCUT2D eigenvalue weighted by Crippen LogP contribution is -2.26. The maximum absolute atomic E-state index is 11.3. The lowest BCUT2D eigenvalue weighted by molar-refractivity contribution is 0.0697. The van der Waals surface area contributed by atoms with Gasteiger partial charge in [0.05, 0.1) is 11.3 Å². The summed E-state index contributed by atoms with van der Waals surface area (Å²) in [5.74, 6) is -0.0985. The van der Waals surface area contributed by atoms with E-state index >= 15 is 0 Å². The smallest absolute Gasteiger partial charge is 0.338 e. The molecule has 1 aromatic rings.